The standard InChI is InChI=1S/C13H18N4O3/c1-7(2)12-15-9(6-10(18)16-12)14-8-4-5-11(19)17(3)13(8)20/h6-8H,4-5H2,1-3H3,(H2,14,15,16,18). The van der Waals surface area contributed by atoms with Crippen LogP contribution in [-0.4, -0.2) is 39.8 Å². The number of piperidine rings is 1. The van der Waals surface area contributed by atoms with Gasteiger partial charge in [-0.25, -0.2) is 4.98 Å². The molecule has 1 fully saturated rings. The lowest BCUT2D eigenvalue weighted by Gasteiger charge is -2.28. The number of hydrogen-bond donors (Lipinski definition) is 2. The third-order valence-electron chi connectivity index (χ3n) is 3.28. The van der Waals surface area contributed by atoms with Crippen molar-refractivity contribution < 1.29 is 9.59 Å². The van der Waals surface area contributed by atoms with Gasteiger partial charge in [-0.1, -0.05) is 13.8 Å². The molecule has 1 aromatic heterocycles. The Bertz CT molecular complexity index is 594. The van der Waals surface area contributed by atoms with Crippen LogP contribution < -0.4 is 10.9 Å². The SMILES string of the molecule is CC(C)c1nc(NC2CCC(=O)N(C)C2=O)cc(=O)[nH]1. The largest absolute Gasteiger partial charge is 0.358 e. The van der Waals surface area contributed by atoms with Crippen LogP contribution in [0.5, 0.6) is 0 Å². The van der Waals surface area contributed by atoms with Gasteiger partial charge in [0, 0.05) is 25.5 Å². The molecule has 0 aliphatic carbocycles. The van der Waals surface area contributed by atoms with E-state index >= 15 is 0 Å². The fourth-order valence-electron chi connectivity index (χ4n) is 2.05. The molecule has 1 unspecified atom stereocenters. The molecule has 1 aliphatic heterocycles. The first-order chi connectivity index (χ1) is 9.38. The maximum atomic E-state index is 12.0. The number of imide groups is 1. The summed E-state index contributed by atoms with van der Waals surface area (Å²) in [4.78, 5) is 43.0. The second-order valence-electron chi connectivity index (χ2n) is 5.20. The van der Waals surface area contributed by atoms with Crippen molar-refractivity contribution in [1.82, 2.24) is 14.9 Å². The molecule has 0 radical (unpaired) electrons. The minimum Gasteiger partial charge on any atom is -0.358 e. The first kappa shape index (κ1) is 14.2. The van der Waals surface area contributed by atoms with Crippen molar-refractivity contribution in [1.29, 1.82) is 0 Å². The number of aromatic amines is 1. The number of amides is 2. The van der Waals surface area contributed by atoms with Crippen LogP contribution in [0.1, 0.15) is 38.4 Å². The van der Waals surface area contributed by atoms with Crippen LogP contribution in [0.25, 0.3) is 0 Å². The van der Waals surface area contributed by atoms with E-state index in [0.29, 0.717) is 24.5 Å². The molecule has 1 aromatic rings. The molecule has 0 bridgehead atoms. The summed E-state index contributed by atoms with van der Waals surface area (Å²) >= 11 is 0. The lowest BCUT2D eigenvalue weighted by molar-refractivity contribution is -0.146. The molecule has 108 valence electrons. The first-order valence-electron chi connectivity index (χ1n) is 6.56. The van der Waals surface area contributed by atoms with E-state index in [2.05, 4.69) is 15.3 Å². The van der Waals surface area contributed by atoms with Crippen LogP contribution in [0.2, 0.25) is 0 Å². The van der Waals surface area contributed by atoms with Gasteiger partial charge in [-0.3, -0.25) is 19.3 Å². The molecule has 2 amide bonds. The molecule has 20 heavy (non-hydrogen) atoms. The summed E-state index contributed by atoms with van der Waals surface area (Å²) in [6.07, 6.45) is 0.716. The van der Waals surface area contributed by atoms with Gasteiger partial charge < -0.3 is 10.3 Å². The van der Waals surface area contributed by atoms with Crippen LogP contribution in [0.3, 0.4) is 0 Å². The molecule has 7 nitrogen and oxygen atoms in total. The number of likely N-dealkylation sites (tertiary alicyclic amines) is 1. The van der Waals surface area contributed by atoms with E-state index in [-0.39, 0.29) is 23.3 Å². The van der Waals surface area contributed by atoms with Crippen molar-refractivity contribution in [2.24, 2.45) is 0 Å². The monoisotopic (exact) mass is 278 g/mol. The highest BCUT2D eigenvalue weighted by Gasteiger charge is 2.31. The van der Waals surface area contributed by atoms with E-state index in [1.807, 2.05) is 13.8 Å². The summed E-state index contributed by atoms with van der Waals surface area (Å²) in [6, 6.07) is 0.794. The van der Waals surface area contributed by atoms with Crippen LogP contribution in [0, 0.1) is 0 Å². The normalized spacial score (nSPS) is 19.6. The summed E-state index contributed by atoms with van der Waals surface area (Å²) in [5.41, 5.74) is -0.265. The quantitative estimate of drug-likeness (QED) is 0.783. The van der Waals surface area contributed by atoms with Gasteiger partial charge in [0.25, 0.3) is 11.5 Å². The minimum atomic E-state index is -0.521. The highest BCUT2D eigenvalue weighted by molar-refractivity contribution is 6.01. The van der Waals surface area contributed by atoms with Crippen molar-refractivity contribution in [3.8, 4) is 0 Å². The summed E-state index contributed by atoms with van der Waals surface area (Å²) in [5.74, 6) is 0.520. The van der Waals surface area contributed by atoms with Gasteiger partial charge in [0.2, 0.25) is 5.91 Å². The van der Waals surface area contributed by atoms with E-state index in [4.69, 9.17) is 0 Å². The fraction of sp³-hybridized carbons (Fsp3) is 0.538. The van der Waals surface area contributed by atoms with Crippen LogP contribution >= 0.6 is 0 Å². The lowest BCUT2D eigenvalue weighted by Crippen LogP contribution is -2.48. The molecule has 2 heterocycles. The molecule has 0 aromatic carbocycles. The van der Waals surface area contributed by atoms with Crippen molar-refractivity contribution in [3.63, 3.8) is 0 Å². The molecule has 1 aliphatic rings. The average molecular weight is 278 g/mol. The minimum absolute atomic E-state index is 0.0794. The maximum absolute atomic E-state index is 12.0. The van der Waals surface area contributed by atoms with Gasteiger partial charge in [-0.2, -0.15) is 0 Å². The van der Waals surface area contributed by atoms with E-state index < -0.39 is 6.04 Å². The molecule has 2 N–H and O–H groups in total. The van der Waals surface area contributed by atoms with Crippen LogP contribution in [0.15, 0.2) is 10.9 Å². The molecular formula is C13H18N4O3. The van der Waals surface area contributed by atoms with Gasteiger partial charge in [-0.05, 0) is 6.42 Å². The Hall–Kier alpha value is -2.18. The van der Waals surface area contributed by atoms with Crippen molar-refractivity contribution in [3.05, 3.63) is 22.2 Å². The number of carbonyl (C=O) groups excluding carboxylic acids is 2. The number of nitrogens with one attached hydrogen (secondary N) is 2. The number of nitrogens with zero attached hydrogens (tertiary/aromatic N) is 2. The summed E-state index contributed by atoms with van der Waals surface area (Å²) in [5, 5.41) is 2.94. The first-order valence-corrected chi connectivity index (χ1v) is 6.56. The van der Waals surface area contributed by atoms with Gasteiger partial charge in [0.15, 0.2) is 0 Å². The topological polar surface area (TPSA) is 95.2 Å². The third kappa shape index (κ3) is 2.87. The zero-order valence-corrected chi connectivity index (χ0v) is 11.8. The maximum Gasteiger partial charge on any atom is 0.252 e. The Morgan fingerprint density at radius 3 is 2.75 bits per heavy atom. The Kier molecular flexibility index (Phi) is 3.87. The predicted octanol–water partition coefficient (Wildman–Crippen LogP) is 0.453. The number of rotatable bonds is 3. The third-order valence-corrected chi connectivity index (χ3v) is 3.28. The second-order valence-corrected chi connectivity index (χ2v) is 5.20. The summed E-state index contributed by atoms with van der Waals surface area (Å²) < 4.78 is 0. The van der Waals surface area contributed by atoms with Crippen LogP contribution in [0.4, 0.5) is 5.82 Å². The molecule has 1 saturated heterocycles. The van der Waals surface area contributed by atoms with E-state index in [1.165, 1.54) is 13.1 Å². The van der Waals surface area contributed by atoms with Crippen molar-refractivity contribution >= 4 is 17.6 Å². The molecule has 7 heteroatoms. The van der Waals surface area contributed by atoms with Crippen molar-refractivity contribution in [2.45, 2.75) is 38.6 Å². The average Bonchev–Trinajstić information content (AvgIpc) is 2.39. The lowest BCUT2D eigenvalue weighted by atomic mass is 10.0. The number of anilines is 1. The van der Waals surface area contributed by atoms with Gasteiger partial charge in [0.1, 0.15) is 17.7 Å². The number of carbonyl (C=O) groups is 2. The zero-order chi connectivity index (χ0) is 14.9. The smallest absolute Gasteiger partial charge is 0.252 e. The van der Waals surface area contributed by atoms with E-state index in [0.717, 1.165) is 4.90 Å². The predicted molar refractivity (Wildman–Crippen MR) is 73.4 cm³/mol. The summed E-state index contributed by atoms with van der Waals surface area (Å²) in [7, 11) is 1.46. The number of likely N-dealkylation sites (N-methyl/N-ethyl adjacent to an activating group) is 1. The Morgan fingerprint density at radius 1 is 1.40 bits per heavy atom. The van der Waals surface area contributed by atoms with Gasteiger partial charge in [-0.15, -0.1) is 0 Å². The van der Waals surface area contributed by atoms with Gasteiger partial charge >= 0.3 is 0 Å². The Balaban J connectivity index is 2.20. The molecule has 2 rings (SSSR count). The molecule has 1 atom stereocenters. The van der Waals surface area contributed by atoms with Crippen molar-refractivity contribution in [2.75, 3.05) is 12.4 Å². The number of aromatic nitrogens is 2. The number of hydrogen-bond acceptors (Lipinski definition) is 5. The van der Waals surface area contributed by atoms with E-state index in [1.54, 1.807) is 0 Å². The zero-order valence-electron chi connectivity index (χ0n) is 11.8. The second kappa shape index (κ2) is 5.44. The van der Waals surface area contributed by atoms with Crippen LogP contribution in [-0.2, 0) is 9.59 Å². The van der Waals surface area contributed by atoms with Gasteiger partial charge in [0.05, 0.1) is 0 Å². The highest BCUT2D eigenvalue weighted by Crippen LogP contribution is 2.16. The number of H-pyrrole nitrogens is 1. The summed E-state index contributed by atoms with van der Waals surface area (Å²) in [6.45, 7) is 3.83. The van der Waals surface area contributed by atoms with E-state index in [9.17, 15) is 14.4 Å². The molecule has 0 saturated carbocycles. The highest BCUT2D eigenvalue weighted by atomic mass is 16.2. The molecule has 0 spiro atoms. The Morgan fingerprint density at radius 2 is 2.10 bits per heavy atom. The molecular weight excluding hydrogens is 260 g/mol. The Labute approximate surface area is 116 Å². The fourth-order valence-corrected chi connectivity index (χ4v) is 2.05.